The summed E-state index contributed by atoms with van der Waals surface area (Å²) in [5.74, 6) is 1.74. The summed E-state index contributed by atoms with van der Waals surface area (Å²) in [5, 5.41) is 6.23. The van der Waals surface area contributed by atoms with Crippen LogP contribution in [0.2, 0.25) is 0 Å². The van der Waals surface area contributed by atoms with Crippen molar-refractivity contribution in [3.63, 3.8) is 0 Å². The number of amides is 1. The molecule has 2 rings (SSSR count). The van der Waals surface area contributed by atoms with Gasteiger partial charge >= 0.3 is 0 Å². The molecular formula is C14H22N4O. The first kappa shape index (κ1) is 13.6. The van der Waals surface area contributed by atoms with E-state index in [0.29, 0.717) is 12.6 Å². The first-order valence-electron chi connectivity index (χ1n) is 6.90. The molecule has 0 bridgehead atoms. The Morgan fingerprint density at radius 2 is 2.26 bits per heavy atom. The quantitative estimate of drug-likeness (QED) is 0.784. The fraction of sp³-hybridized carbons (Fsp3) is 0.571. The fourth-order valence-corrected chi connectivity index (χ4v) is 1.78. The van der Waals surface area contributed by atoms with Crippen LogP contribution in [0.15, 0.2) is 18.2 Å². The highest BCUT2D eigenvalue weighted by Gasteiger charge is 2.23. The van der Waals surface area contributed by atoms with Crippen molar-refractivity contribution in [3.05, 3.63) is 18.2 Å². The highest BCUT2D eigenvalue weighted by molar-refractivity contribution is 5.81. The number of hydrogen-bond donors (Lipinski definition) is 2. The third-order valence-electron chi connectivity index (χ3n) is 3.00. The van der Waals surface area contributed by atoms with Gasteiger partial charge in [0.15, 0.2) is 0 Å². The normalized spacial score (nSPS) is 14.0. The molecule has 5 heteroatoms. The standard InChI is InChI=1S/C14H22N4O/c1-3-9-15-12-5-4-6-13(17-12)18(2)10-14(19)16-11-7-8-11/h4-6,11H,3,7-10H2,1-2H3,(H,15,17)(H,16,19). The van der Waals surface area contributed by atoms with Crippen molar-refractivity contribution in [2.75, 3.05) is 30.4 Å². The zero-order chi connectivity index (χ0) is 13.7. The minimum atomic E-state index is 0.0683. The molecule has 1 saturated carbocycles. The van der Waals surface area contributed by atoms with Crippen LogP contribution in [0.1, 0.15) is 26.2 Å². The van der Waals surface area contributed by atoms with Gasteiger partial charge in [-0.15, -0.1) is 0 Å². The summed E-state index contributed by atoms with van der Waals surface area (Å²) in [7, 11) is 1.89. The number of hydrogen-bond acceptors (Lipinski definition) is 4. The number of likely N-dealkylation sites (N-methyl/N-ethyl adjacent to an activating group) is 1. The molecule has 0 aromatic carbocycles. The van der Waals surface area contributed by atoms with E-state index >= 15 is 0 Å². The van der Waals surface area contributed by atoms with E-state index in [1.807, 2.05) is 30.1 Å². The highest BCUT2D eigenvalue weighted by Crippen LogP contribution is 2.18. The van der Waals surface area contributed by atoms with Gasteiger partial charge < -0.3 is 15.5 Å². The fourth-order valence-electron chi connectivity index (χ4n) is 1.78. The third-order valence-corrected chi connectivity index (χ3v) is 3.00. The second kappa shape index (κ2) is 6.41. The Bertz CT molecular complexity index is 431. The van der Waals surface area contributed by atoms with E-state index < -0.39 is 0 Å². The van der Waals surface area contributed by atoms with Gasteiger partial charge in [0.05, 0.1) is 6.54 Å². The minimum Gasteiger partial charge on any atom is -0.370 e. The summed E-state index contributed by atoms with van der Waals surface area (Å²) < 4.78 is 0. The van der Waals surface area contributed by atoms with Crippen LogP contribution >= 0.6 is 0 Å². The van der Waals surface area contributed by atoms with Gasteiger partial charge in [0.2, 0.25) is 5.91 Å². The molecule has 1 aromatic rings. The van der Waals surface area contributed by atoms with E-state index in [2.05, 4.69) is 22.5 Å². The third kappa shape index (κ3) is 4.43. The second-order valence-corrected chi connectivity index (χ2v) is 5.01. The molecule has 0 atom stereocenters. The van der Waals surface area contributed by atoms with Crippen molar-refractivity contribution in [2.24, 2.45) is 0 Å². The smallest absolute Gasteiger partial charge is 0.239 e. The van der Waals surface area contributed by atoms with Crippen molar-refractivity contribution in [1.29, 1.82) is 0 Å². The molecular weight excluding hydrogens is 240 g/mol. The molecule has 1 aliphatic carbocycles. The number of nitrogens with zero attached hydrogens (tertiary/aromatic N) is 2. The van der Waals surface area contributed by atoms with Crippen molar-refractivity contribution < 1.29 is 4.79 Å². The molecule has 2 N–H and O–H groups in total. The molecule has 1 amide bonds. The van der Waals surface area contributed by atoms with Gasteiger partial charge in [0.1, 0.15) is 11.6 Å². The SMILES string of the molecule is CCCNc1cccc(N(C)CC(=O)NC2CC2)n1. The summed E-state index contributed by atoms with van der Waals surface area (Å²) in [6, 6.07) is 6.22. The Morgan fingerprint density at radius 3 is 2.95 bits per heavy atom. The van der Waals surface area contributed by atoms with Crippen LogP contribution in [0.3, 0.4) is 0 Å². The van der Waals surface area contributed by atoms with Crippen LogP contribution in [-0.4, -0.2) is 37.1 Å². The number of rotatable bonds is 7. The molecule has 0 radical (unpaired) electrons. The molecule has 0 aliphatic heterocycles. The number of aromatic nitrogens is 1. The summed E-state index contributed by atoms with van der Waals surface area (Å²) in [6.45, 7) is 3.37. The molecule has 1 aromatic heterocycles. The lowest BCUT2D eigenvalue weighted by Crippen LogP contribution is -2.36. The van der Waals surface area contributed by atoms with E-state index in [-0.39, 0.29) is 5.91 Å². The first-order chi connectivity index (χ1) is 9.19. The Hall–Kier alpha value is -1.78. The molecule has 0 spiro atoms. The van der Waals surface area contributed by atoms with Gasteiger partial charge in [-0.3, -0.25) is 4.79 Å². The van der Waals surface area contributed by atoms with Crippen LogP contribution < -0.4 is 15.5 Å². The van der Waals surface area contributed by atoms with Crippen LogP contribution in [0.5, 0.6) is 0 Å². The van der Waals surface area contributed by atoms with E-state index in [9.17, 15) is 4.79 Å². The highest BCUT2D eigenvalue weighted by atomic mass is 16.2. The summed E-state index contributed by atoms with van der Waals surface area (Å²) in [5.41, 5.74) is 0. The monoisotopic (exact) mass is 262 g/mol. The van der Waals surface area contributed by atoms with E-state index in [4.69, 9.17) is 0 Å². The zero-order valence-electron chi connectivity index (χ0n) is 11.6. The van der Waals surface area contributed by atoms with E-state index in [0.717, 1.165) is 37.4 Å². The van der Waals surface area contributed by atoms with Gasteiger partial charge in [0.25, 0.3) is 0 Å². The predicted molar refractivity (Wildman–Crippen MR) is 77.5 cm³/mol. The molecule has 1 aliphatic rings. The number of carbonyl (C=O) groups excluding carboxylic acids is 1. The summed E-state index contributed by atoms with van der Waals surface area (Å²) in [6.07, 6.45) is 3.29. The molecule has 0 saturated heterocycles. The average Bonchev–Trinajstić information content (AvgIpc) is 3.20. The Balaban J connectivity index is 1.89. The Morgan fingerprint density at radius 1 is 1.47 bits per heavy atom. The number of pyridine rings is 1. The lowest BCUT2D eigenvalue weighted by molar-refractivity contribution is -0.119. The molecule has 19 heavy (non-hydrogen) atoms. The van der Waals surface area contributed by atoms with Gasteiger partial charge in [-0.25, -0.2) is 4.98 Å². The summed E-state index contributed by atoms with van der Waals surface area (Å²) >= 11 is 0. The zero-order valence-corrected chi connectivity index (χ0v) is 11.6. The van der Waals surface area contributed by atoms with Gasteiger partial charge in [-0.2, -0.15) is 0 Å². The molecule has 1 fully saturated rings. The van der Waals surface area contributed by atoms with Gasteiger partial charge in [-0.1, -0.05) is 13.0 Å². The largest absolute Gasteiger partial charge is 0.370 e. The summed E-state index contributed by atoms with van der Waals surface area (Å²) in [4.78, 5) is 18.1. The topological polar surface area (TPSA) is 57.3 Å². The predicted octanol–water partition coefficient (Wildman–Crippen LogP) is 1.62. The van der Waals surface area contributed by atoms with Crippen molar-refractivity contribution in [1.82, 2.24) is 10.3 Å². The van der Waals surface area contributed by atoms with E-state index in [1.165, 1.54) is 0 Å². The van der Waals surface area contributed by atoms with Crippen molar-refractivity contribution in [3.8, 4) is 0 Å². The van der Waals surface area contributed by atoms with Crippen molar-refractivity contribution >= 4 is 17.5 Å². The maximum atomic E-state index is 11.7. The maximum absolute atomic E-state index is 11.7. The second-order valence-electron chi connectivity index (χ2n) is 5.01. The number of carbonyl (C=O) groups is 1. The number of anilines is 2. The molecule has 1 heterocycles. The Labute approximate surface area is 114 Å². The molecule has 104 valence electrons. The molecule has 5 nitrogen and oxygen atoms in total. The Kier molecular flexibility index (Phi) is 4.60. The lowest BCUT2D eigenvalue weighted by atomic mass is 10.4. The first-order valence-corrected chi connectivity index (χ1v) is 6.90. The van der Waals surface area contributed by atoms with E-state index in [1.54, 1.807) is 0 Å². The number of nitrogens with one attached hydrogen (secondary N) is 2. The van der Waals surface area contributed by atoms with Crippen LogP contribution in [0.4, 0.5) is 11.6 Å². The van der Waals surface area contributed by atoms with Gasteiger partial charge in [-0.05, 0) is 31.4 Å². The molecule has 0 unspecified atom stereocenters. The maximum Gasteiger partial charge on any atom is 0.239 e. The van der Waals surface area contributed by atoms with Crippen LogP contribution in [0.25, 0.3) is 0 Å². The van der Waals surface area contributed by atoms with Crippen LogP contribution in [-0.2, 0) is 4.79 Å². The minimum absolute atomic E-state index is 0.0683. The average molecular weight is 262 g/mol. The van der Waals surface area contributed by atoms with Crippen LogP contribution in [0, 0.1) is 0 Å². The van der Waals surface area contributed by atoms with Gasteiger partial charge in [0, 0.05) is 19.6 Å². The van der Waals surface area contributed by atoms with Crippen molar-refractivity contribution in [2.45, 2.75) is 32.2 Å². The lowest BCUT2D eigenvalue weighted by Gasteiger charge is -2.18.